The van der Waals surface area contributed by atoms with Crippen molar-refractivity contribution < 1.29 is 9.47 Å². The van der Waals surface area contributed by atoms with Crippen LogP contribution in [0.2, 0.25) is 0 Å². The molecule has 2 unspecified atom stereocenters. The number of likely N-dealkylation sites (N-methyl/N-ethyl adjacent to an activating group) is 1. The standard InChI is InChI=1S/C14H23NO2/c1-11-5-7-13(8-6-11)14(15-3)12(2)17-10-9-16-4/h5-8,12,14-15H,9-10H2,1-4H3. The molecule has 1 aromatic rings. The topological polar surface area (TPSA) is 30.5 Å². The molecule has 3 heteroatoms. The van der Waals surface area contributed by atoms with Gasteiger partial charge in [0.05, 0.1) is 25.4 Å². The maximum absolute atomic E-state index is 5.73. The fourth-order valence-corrected chi connectivity index (χ4v) is 1.86. The van der Waals surface area contributed by atoms with Crippen molar-refractivity contribution in [3.8, 4) is 0 Å². The summed E-state index contributed by atoms with van der Waals surface area (Å²) in [6.45, 7) is 5.43. The highest BCUT2D eigenvalue weighted by Crippen LogP contribution is 2.19. The predicted octanol–water partition coefficient (Wildman–Crippen LogP) is 2.31. The molecule has 0 spiro atoms. The maximum Gasteiger partial charge on any atom is 0.0742 e. The van der Waals surface area contributed by atoms with Crippen LogP contribution in [0.3, 0.4) is 0 Å². The van der Waals surface area contributed by atoms with E-state index in [1.165, 1.54) is 11.1 Å². The van der Waals surface area contributed by atoms with Crippen molar-refractivity contribution in [3.05, 3.63) is 35.4 Å². The fraction of sp³-hybridized carbons (Fsp3) is 0.571. The zero-order valence-corrected chi connectivity index (χ0v) is 11.2. The molecule has 2 atom stereocenters. The van der Waals surface area contributed by atoms with Gasteiger partial charge in [-0.05, 0) is 26.5 Å². The van der Waals surface area contributed by atoms with Gasteiger partial charge in [-0.2, -0.15) is 0 Å². The molecule has 1 N–H and O–H groups in total. The quantitative estimate of drug-likeness (QED) is 0.738. The summed E-state index contributed by atoms with van der Waals surface area (Å²) in [5.41, 5.74) is 2.53. The van der Waals surface area contributed by atoms with Gasteiger partial charge in [-0.25, -0.2) is 0 Å². The number of rotatable bonds is 7. The van der Waals surface area contributed by atoms with Gasteiger partial charge in [-0.3, -0.25) is 0 Å². The Morgan fingerprint density at radius 2 is 1.82 bits per heavy atom. The zero-order valence-electron chi connectivity index (χ0n) is 11.2. The summed E-state index contributed by atoms with van der Waals surface area (Å²) in [6.07, 6.45) is 0.123. The highest BCUT2D eigenvalue weighted by molar-refractivity contribution is 5.24. The highest BCUT2D eigenvalue weighted by atomic mass is 16.5. The Balaban J connectivity index is 2.60. The summed E-state index contributed by atoms with van der Waals surface area (Å²) in [6, 6.07) is 8.76. The van der Waals surface area contributed by atoms with Crippen LogP contribution in [0, 0.1) is 6.92 Å². The number of aryl methyl sites for hydroxylation is 1. The molecule has 0 aliphatic rings. The summed E-state index contributed by atoms with van der Waals surface area (Å²) < 4.78 is 10.7. The van der Waals surface area contributed by atoms with Crippen molar-refractivity contribution >= 4 is 0 Å². The molecule has 0 radical (unpaired) electrons. The SMILES string of the molecule is CNC(c1ccc(C)cc1)C(C)OCCOC. The van der Waals surface area contributed by atoms with Gasteiger partial charge < -0.3 is 14.8 Å². The van der Waals surface area contributed by atoms with Crippen molar-refractivity contribution in [2.24, 2.45) is 0 Å². The molecule has 0 heterocycles. The monoisotopic (exact) mass is 237 g/mol. The molecule has 0 bridgehead atoms. The molecule has 0 aliphatic carbocycles. The van der Waals surface area contributed by atoms with E-state index in [-0.39, 0.29) is 12.1 Å². The number of ether oxygens (including phenoxy) is 2. The van der Waals surface area contributed by atoms with E-state index in [0.29, 0.717) is 13.2 Å². The normalized spacial score (nSPS) is 14.6. The second-order valence-electron chi connectivity index (χ2n) is 4.25. The number of methoxy groups -OCH3 is 1. The van der Waals surface area contributed by atoms with E-state index < -0.39 is 0 Å². The Morgan fingerprint density at radius 1 is 1.18 bits per heavy atom. The number of hydrogen-bond donors (Lipinski definition) is 1. The molecule has 0 aliphatic heterocycles. The molecule has 0 saturated heterocycles. The summed E-state index contributed by atoms with van der Waals surface area (Å²) in [7, 11) is 3.64. The van der Waals surface area contributed by atoms with Crippen LogP contribution in [0.15, 0.2) is 24.3 Å². The van der Waals surface area contributed by atoms with E-state index in [0.717, 1.165) is 0 Å². The van der Waals surface area contributed by atoms with Crippen LogP contribution in [0.4, 0.5) is 0 Å². The summed E-state index contributed by atoms with van der Waals surface area (Å²) >= 11 is 0. The van der Waals surface area contributed by atoms with Crippen LogP contribution in [0.25, 0.3) is 0 Å². The Morgan fingerprint density at radius 3 is 2.35 bits per heavy atom. The minimum atomic E-state index is 0.123. The van der Waals surface area contributed by atoms with E-state index in [1.54, 1.807) is 7.11 Å². The lowest BCUT2D eigenvalue weighted by Crippen LogP contribution is -2.30. The molecular weight excluding hydrogens is 214 g/mol. The van der Waals surface area contributed by atoms with Gasteiger partial charge in [0.15, 0.2) is 0 Å². The van der Waals surface area contributed by atoms with Gasteiger partial charge in [0, 0.05) is 7.11 Å². The lowest BCUT2D eigenvalue weighted by atomic mass is 10.0. The predicted molar refractivity (Wildman–Crippen MR) is 70.3 cm³/mol. The third kappa shape index (κ3) is 4.46. The Labute approximate surface area is 104 Å². The second-order valence-corrected chi connectivity index (χ2v) is 4.25. The Hall–Kier alpha value is -0.900. The largest absolute Gasteiger partial charge is 0.382 e. The first-order valence-electron chi connectivity index (χ1n) is 6.03. The molecule has 0 fully saturated rings. The van der Waals surface area contributed by atoms with Crippen molar-refractivity contribution in [2.45, 2.75) is 26.0 Å². The van der Waals surface area contributed by atoms with E-state index in [1.807, 2.05) is 7.05 Å². The molecule has 0 saturated carbocycles. The number of benzene rings is 1. The van der Waals surface area contributed by atoms with Gasteiger partial charge in [-0.1, -0.05) is 29.8 Å². The van der Waals surface area contributed by atoms with Crippen LogP contribution in [0.5, 0.6) is 0 Å². The molecule has 17 heavy (non-hydrogen) atoms. The second kappa shape index (κ2) is 7.43. The van der Waals surface area contributed by atoms with E-state index in [4.69, 9.17) is 9.47 Å². The van der Waals surface area contributed by atoms with Crippen molar-refractivity contribution in [2.75, 3.05) is 27.4 Å². The molecule has 1 aromatic carbocycles. The van der Waals surface area contributed by atoms with Gasteiger partial charge in [0.25, 0.3) is 0 Å². The highest BCUT2D eigenvalue weighted by Gasteiger charge is 2.17. The van der Waals surface area contributed by atoms with Crippen LogP contribution in [-0.4, -0.2) is 33.5 Å². The molecule has 0 aromatic heterocycles. The molecular formula is C14H23NO2. The fourth-order valence-electron chi connectivity index (χ4n) is 1.86. The lowest BCUT2D eigenvalue weighted by Gasteiger charge is -2.24. The molecule has 96 valence electrons. The number of hydrogen-bond acceptors (Lipinski definition) is 3. The molecule has 0 amide bonds. The minimum Gasteiger partial charge on any atom is -0.382 e. The van der Waals surface area contributed by atoms with Crippen molar-refractivity contribution in [3.63, 3.8) is 0 Å². The smallest absolute Gasteiger partial charge is 0.0742 e. The van der Waals surface area contributed by atoms with Crippen LogP contribution in [0.1, 0.15) is 24.1 Å². The van der Waals surface area contributed by atoms with Gasteiger partial charge in [0.2, 0.25) is 0 Å². The van der Waals surface area contributed by atoms with E-state index in [2.05, 4.69) is 43.4 Å². The minimum absolute atomic E-state index is 0.123. The first kappa shape index (κ1) is 14.2. The van der Waals surface area contributed by atoms with E-state index >= 15 is 0 Å². The van der Waals surface area contributed by atoms with Crippen molar-refractivity contribution in [1.82, 2.24) is 5.32 Å². The summed E-state index contributed by atoms with van der Waals surface area (Å²) in [4.78, 5) is 0. The summed E-state index contributed by atoms with van der Waals surface area (Å²) in [5.74, 6) is 0. The average molecular weight is 237 g/mol. The van der Waals surface area contributed by atoms with Gasteiger partial charge in [-0.15, -0.1) is 0 Å². The first-order chi connectivity index (χ1) is 8.19. The zero-order chi connectivity index (χ0) is 12.7. The Bertz CT molecular complexity index is 311. The van der Waals surface area contributed by atoms with Crippen LogP contribution < -0.4 is 5.32 Å². The molecule has 3 nitrogen and oxygen atoms in total. The molecule has 1 rings (SSSR count). The van der Waals surface area contributed by atoms with Crippen LogP contribution >= 0.6 is 0 Å². The lowest BCUT2D eigenvalue weighted by molar-refractivity contribution is 0.00859. The third-order valence-corrected chi connectivity index (χ3v) is 2.89. The first-order valence-corrected chi connectivity index (χ1v) is 6.03. The van der Waals surface area contributed by atoms with Crippen molar-refractivity contribution in [1.29, 1.82) is 0 Å². The maximum atomic E-state index is 5.73. The Kier molecular flexibility index (Phi) is 6.19. The third-order valence-electron chi connectivity index (χ3n) is 2.89. The van der Waals surface area contributed by atoms with E-state index in [9.17, 15) is 0 Å². The summed E-state index contributed by atoms with van der Waals surface area (Å²) in [5, 5.41) is 3.30. The van der Waals surface area contributed by atoms with Gasteiger partial charge >= 0.3 is 0 Å². The average Bonchev–Trinajstić information content (AvgIpc) is 2.33. The van der Waals surface area contributed by atoms with Gasteiger partial charge in [0.1, 0.15) is 0 Å². The van der Waals surface area contributed by atoms with Crippen LogP contribution in [-0.2, 0) is 9.47 Å². The number of nitrogens with one attached hydrogen (secondary N) is 1.